The number of rotatable bonds is 5. The van der Waals surface area contributed by atoms with Crippen LogP contribution < -0.4 is 5.32 Å². The normalized spacial score (nSPS) is 10.6. The van der Waals surface area contributed by atoms with Crippen LogP contribution in [0.25, 0.3) is 5.69 Å². The Kier molecular flexibility index (Phi) is 6.02. The molecule has 0 bridgehead atoms. The second-order valence-corrected chi connectivity index (χ2v) is 6.90. The summed E-state index contributed by atoms with van der Waals surface area (Å²) < 4.78 is 6.84. The van der Waals surface area contributed by atoms with Crippen LogP contribution in [-0.2, 0) is 9.53 Å². The summed E-state index contributed by atoms with van der Waals surface area (Å²) >= 11 is 11.9. The topological polar surface area (TPSA) is 73.2 Å². The van der Waals surface area contributed by atoms with Crippen molar-refractivity contribution >= 4 is 40.8 Å². The van der Waals surface area contributed by atoms with Crippen molar-refractivity contribution in [2.75, 3.05) is 11.9 Å². The van der Waals surface area contributed by atoms with Gasteiger partial charge in [0.05, 0.1) is 32.7 Å². The van der Waals surface area contributed by atoms with Crippen molar-refractivity contribution in [1.82, 2.24) is 9.78 Å². The second-order valence-electron chi connectivity index (χ2n) is 6.11. The van der Waals surface area contributed by atoms with Crippen LogP contribution in [-0.4, -0.2) is 28.3 Å². The molecule has 0 fully saturated rings. The molecule has 144 valence electrons. The molecule has 3 rings (SSSR count). The maximum atomic E-state index is 12.2. The lowest BCUT2D eigenvalue weighted by atomic mass is 10.2. The predicted molar refractivity (Wildman–Crippen MR) is 108 cm³/mol. The summed E-state index contributed by atoms with van der Waals surface area (Å²) in [7, 11) is 0. The minimum atomic E-state index is -0.604. The van der Waals surface area contributed by atoms with Crippen LogP contribution >= 0.6 is 23.2 Å². The number of benzene rings is 2. The van der Waals surface area contributed by atoms with E-state index >= 15 is 0 Å². The molecule has 1 N–H and O–H groups in total. The van der Waals surface area contributed by atoms with Crippen molar-refractivity contribution in [1.29, 1.82) is 0 Å². The zero-order chi connectivity index (χ0) is 20.3. The Morgan fingerprint density at radius 3 is 2.46 bits per heavy atom. The number of hydrogen-bond donors (Lipinski definition) is 1. The predicted octanol–water partition coefficient (Wildman–Crippen LogP) is 4.59. The van der Waals surface area contributed by atoms with Crippen molar-refractivity contribution in [2.45, 2.75) is 13.8 Å². The molecule has 3 aromatic rings. The lowest BCUT2D eigenvalue weighted by Gasteiger charge is -2.09. The van der Waals surface area contributed by atoms with E-state index in [1.807, 2.05) is 19.9 Å². The molecular formula is C20H17Cl2N3O3. The van der Waals surface area contributed by atoms with Crippen LogP contribution in [0.5, 0.6) is 0 Å². The Bertz CT molecular complexity index is 1030. The molecule has 0 saturated carbocycles. The van der Waals surface area contributed by atoms with E-state index in [-0.39, 0.29) is 5.02 Å². The maximum absolute atomic E-state index is 12.2. The molecule has 0 aliphatic rings. The zero-order valence-electron chi connectivity index (χ0n) is 15.2. The molecule has 0 aliphatic carbocycles. The highest BCUT2D eigenvalue weighted by Crippen LogP contribution is 2.29. The van der Waals surface area contributed by atoms with Crippen molar-refractivity contribution in [3.05, 3.63) is 75.5 Å². The third kappa shape index (κ3) is 4.52. The van der Waals surface area contributed by atoms with Gasteiger partial charge in [-0.3, -0.25) is 4.79 Å². The van der Waals surface area contributed by atoms with E-state index in [0.29, 0.717) is 16.3 Å². The van der Waals surface area contributed by atoms with Gasteiger partial charge in [-0.15, -0.1) is 0 Å². The smallest absolute Gasteiger partial charge is 0.338 e. The molecule has 28 heavy (non-hydrogen) atoms. The van der Waals surface area contributed by atoms with Gasteiger partial charge in [0.2, 0.25) is 0 Å². The Morgan fingerprint density at radius 2 is 1.82 bits per heavy atom. The maximum Gasteiger partial charge on any atom is 0.338 e. The van der Waals surface area contributed by atoms with Crippen molar-refractivity contribution in [3.8, 4) is 5.69 Å². The first-order chi connectivity index (χ1) is 13.3. The highest BCUT2D eigenvalue weighted by molar-refractivity contribution is 6.44. The van der Waals surface area contributed by atoms with E-state index in [1.54, 1.807) is 47.1 Å². The molecule has 0 spiro atoms. The van der Waals surface area contributed by atoms with Gasteiger partial charge in [-0.05, 0) is 56.3 Å². The SMILES string of the molecule is Cc1cc(C)n(-c2ccc(C(=O)OCC(=O)Nc3cccc(Cl)c3Cl)cc2)n1. The van der Waals surface area contributed by atoms with E-state index in [2.05, 4.69) is 10.4 Å². The highest BCUT2D eigenvalue weighted by Gasteiger charge is 2.13. The first-order valence-corrected chi connectivity index (χ1v) is 9.15. The molecule has 1 heterocycles. The van der Waals surface area contributed by atoms with Crippen LogP contribution in [0.2, 0.25) is 10.0 Å². The molecule has 0 radical (unpaired) electrons. The number of carbonyl (C=O) groups is 2. The average molecular weight is 418 g/mol. The molecule has 0 unspecified atom stereocenters. The number of anilines is 1. The standard InChI is InChI=1S/C20H17Cl2N3O3/c1-12-10-13(2)25(24-12)15-8-6-14(7-9-15)20(27)28-11-18(26)23-17-5-3-4-16(21)19(17)22/h3-10H,11H2,1-2H3,(H,23,26). The minimum Gasteiger partial charge on any atom is -0.452 e. The third-order valence-corrected chi connectivity index (χ3v) is 4.74. The van der Waals surface area contributed by atoms with Crippen molar-refractivity contribution < 1.29 is 14.3 Å². The van der Waals surface area contributed by atoms with E-state index in [9.17, 15) is 9.59 Å². The summed E-state index contributed by atoms with van der Waals surface area (Å²) in [6.45, 7) is 3.42. The van der Waals surface area contributed by atoms with E-state index in [0.717, 1.165) is 17.1 Å². The van der Waals surface area contributed by atoms with Crippen LogP contribution in [0.15, 0.2) is 48.5 Å². The highest BCUT2D eigenvalue weighted by atomic mass is 35.5. The summed E-state index contributed by atoms with van der Waals surface area (Å²) in [5, 5.41) is 7.49. The lowest BCUT2D eigenvalue weighted by Crippen LogP contribution is -2.21. The van der Waals surface area contributed by atoms with Gasteiger partial charge in [0, 0.05) is 5.69 Å². The summed E-state index contributed by atoms with van der Waals surface area (Å²) in [5.41, 5.74) is 3.41. The van der Waals surface area contributed by atoms with Crippen molar-refractivity contribution in [2.24, 2.45) is 0 Å². The summed E-state index contributed by atoms with van der Waals surface area (Å²) in [5.74, 6) is -1.12. The van der Waals surface area contributed by atoms with E-state index in [4.69, 9.17) is 27.9 Å². The van der Waals surface area contributed by atoms with Gasteiger partial charge in [-0.1, -0.05) is 29.3 Å². The summed E-state index contributed by atoms with van der Waals surface area (Å²) in [6, 6.07) is 13.6. The summed E-state index contributed by atoms with van der Waals surface area (Å²) in [6.07, 6.45) is 0. The molecule has 8 heteroatoms. The molecule has 6 nitrogen and oxygen atoms in total. The number of aryl methyl sites for hydroxylation is 2. The van der Waals surface area contributed by atoms with E-state index in [1.165, 1.54) is 0 Å². The number of nitrogens with zero attached hydrogens (tertiary/aromatic N) is 2. The lowest BCUT2D eigenvalue weighted by molar-refractivity contribution is -0.119. The van der Waals surface area contributed by atoms with Gasteiger partial charge in [0.1, 0.15) is 0 Å². The largest absolute Gasteiger partial charge is 0.452 e. The van der Waals surface area contributed by atoms with Gasteiger partial charge in [0.15, 0.2) is 6.61 Å². The first kappa shape index (κ1) is 19.9. The minimum absolute atomic E-state index is 0.226. The number of hydrogen-bond acceptors (Lipinski definition) is 4. The first-order valence-electron chi connectivity index (χ1n) is 8.40. The Morgan fingerprint density at radius 1 is 1.11 bits per heavy atom. The quantitative estimate of drug-likeness (QED) is 0.615. The number of halogens is 2. The number of nitrogens with one attached hydrogen (secondary N) is 1. The molecular weight excluding hydrogens is 401 g/mol. The van der Waals surface area contributed by atoms with E-state index < -0.39 is 18.5 Å². The molecule has 0 saturated heterocycles. The van der Waals surface area contributed by atoms with Gasteiger partial charge < -0.3 is 10.1 Å². The van der Waals surface area contributed by atoms with Gasteiger partial charge >= 0.3 is 5.97 Å². The van der Waals surface area contributed by atoms with Gasteiger partial charge in [-0.25, -0.2) is 9.48 Å². The van der Waals surface area contributed by atoms with Crippen molar-refractivity contribution in [3.63, 3.8) is 0 Å². The second kappa shape index (κ2) is 8.46. The number of carbonyl (C=O) groups excluding carboxylic acids is 2. The third-order valence-electron chi connectivity index (χ3n) is 3.92. The number of ether oxygens (including phenoxy) is 1. The van der Waals surface area contributed by atoms with Crippen LogP contribution in [0, 0.1) is 13.8 Å². The molecule has 0 atom stereocenters. The fourth-order valence-electron chi connectivity index (χ4n) is 2.63. The Labute approximate surface area is 172 Å². The van der Waals surface area contributed by atoms with Crippen LogP contribution in [0.1, 0.15) is 21.7 Å². The number of amides is 1. The van der Waals surface area contributed by atoms with Gasteiger partial charge in [0.25, 0.3) is 5.91 Å². The Hall–Kier alpha value is -2.83. The zero-order valence-corrected chi connectivity index (χ0v) is 16.7. The molecule has 1 amide bonds. The molecule has 2 aromatic carbocycles. The monoisotopic (exact) mass is 417 g/mol. The van der Waals surface area contributed by atoms with Crippen LogP contribution in [0.3, 0.4) is 0 Å². The number of esters is 1. The number of aromatic nitrogens is 2. The fourth-order valence-corrected chi connectivity index (χ4v) is 2.98. The van der Waals surface area contributed by atoms with Gasteiger partial charge in [-0.2, -0.15) is 5.10 Å². The van der Waals surface area contributed by atoms with Crippen LogP contribution in [0.4, 0.5) is 5.69 Å². The average Bonchev–Trinajstić information content (AvgIpc) is 3.02. The molecule has 0 aliphatic heterocycles. The summed E-state index contributed by atoms with van der Waals surface area (Å²) in [4.78, 5) is 24.2. The fraction of sp³-hybridized carbons (Fsp3) is 0.150. The molecule has 1 aromatic heterocycles. The Balaban J connectivity index is 1.59.